The van der Waals surface area contributed by atoms with Crippen molar-refractivity contribution in [1.82, 2.24) is 10.2 Å². The second-order valence-corrected chi connectivity index (χ2v) is 5.37. The van der Waals surface area contributed by atoms with E-state index in [0.29, 0.717) is 18.6 Å². The maximum Gasteiger partial charge on any atom is 0.241 e. The molecule has 4 nitrogen and oxygen atoms in total. The van der Waals surface area contributed by atoms with Gasteiger partial charge in [-0.15, -0.1) is 0 Å². The van der Waals surface area contributed by atoms with Crippen LogP contribution < -0.4 is 5.32 Å². The third-order valence-corrected chi connectivity index (χ3v) is 3.02. The number of amides is 1. The Morgan fingerprint density at radius 2 is 2.06 bits per heavy atom. The van der Waals surface area contributed by atoms with E-state index in [2.05, 4.69) is 5.32 Å². The van der Waals surface area contributed by atoms with Crippen LogP contribution in [0, 0.1) is 5.92 Å². The van der Waals surface area contributed by atoms with Crippen LogP contribution in [0.4, 0.5) is 0 Å². The van der Waals surface area contributed by atoms with Crippen LogP contribution in [-0.2, 0) is 9.53 Å². The van der Waals surface area contributed by atoms with Gasteiger partial charge in [0.25, 0.3) is 0 Å². The minimum Gasteiger partial charge on any atom is -0.383 e. The van der Waals surface area contributed by atoms with Crippen LogP contribution >= 0.6 is 0 Å². The molecule has 1 atom stereocenters. The fourth-order valence-corrected chi connectivity index (χ4v) is 2.06. The van der Waals surface area contributed by atoms with Gasteiger partial charge in [0, 0.05) is 27.2 Å². The number of hydrogen-bond donors (Lipinski definition) is 1. The van der Waals surface area contributed by atoms with Gasteiger partial charge in [-0.1, -0.05) is 0 Å². The van der Waals surface area contributed by atoms with Crippen LogP contribution in [0.2, 0.25) is 0 Å². The van der Waals surface area contributed by atoms with E-state index in [0.717, 1.165) is 0 Å². The lowest BCUT2D eigenvalue weighted by Gasteiger charge is -2.32. The fraction of sp³-hybridized carbons (Fsp3) is 0.917. The molecule has 0 spiro atoms. The molecular formula is C12H24N2O2. The SMILES string of the molecule is COCC(NC(C)(C)C(=O)N(C)C)C1CC1. The number of ether oxygens (including phenoxy) is 1. The molecule has 0 aromatic carbocycles. The standard InChI is InChI=1S/C12H24N2O2/c1-12(2,11(15)14(3)4)13-10(8-16-5)9-6-7-9/h9-10,13H,6-8H2,1-5H3. The lowest BCUT2D eigenvalue weighted by molar-refractivity contribution is -0.135. The molecular weight excluding hydrogens is 204 g/mol. The van der Waals surface area contributed by atoms with Crippen molar-refractivity contribution in [2.45, 2.75) is 38.3 Å². The minimum atomic E-state index is -0.519. The summed E-state index contributed by atoms with van der Waals surface area (Å²) in [5, 5.41) is 3.42. The molecule has 0 aromatic heterocycles. The summed E-state index contributed by atoms with van der Waals surface area (Å²) < 4.78 is 5.20. The lowest BCUT2D eigenvalue weighted by atomic mass is 10.0. The van der Waals surface area contributed by atoms with E-state index in [-0.39, 0.29) is 5.91 Å². The van der Waals surface area contributed by atoms with Crippen LogP contribution in [0.3, 0.4) is 0 Å². The number of carbonyl (C=O) groups excluding carboxylic acids is 1. The van der Waals surface area contributed by atoms with Gasteiger partial charge < -0.3 is 9.64 Å². The van der Waals surface area contributed by atoms with Gasteiger partial charge in [-0.3, -0.25) is 10.1 Å². The number of methoxy groups -OCH3 is 1. The van der Waals surface area contributed by atoms with Crippen LogP contribution in [0.5, 0.6) is 0 Å². The van der Waals surface area contributed by atoms with E-state index in [4.69, 9.17) is 4.74 Å². The molecule has 1 fully saturated rings. The van der Waals surface area contributed by atoms with Gasteiger partial charge in [0.15, 0.2) is 0 Å². The number of rotatable bonds is 6. The van der Waals surface area contributed by atoms with Crippen molar-refractivity contribution in [3.8, 4) is 0 Å². The molecule has 1 aliphatic rings. The molecule has 1 unspecified atom stereocenters. The molecule has 0 aliphatic heterocycles. The van der Waals surface area contributed by atoms with E-state index in [1.807, 2.05) is 13.8 Å². The van der Waals surface area contributed by atoms with Crippen molar-refractivity contribution in [3.05, 3.63) is 0 Å². The molecule has 1 amide bonds. The Balaban J connectivity index is 2.57. The van der Waals surface area contributed by atoms with E-state index in [1.54, 1.807) is 26.1 Å². The topological polar surface area (TPSA) is 41.6 Å². The molecule has 1 aliphatic carbocycles. The largest absolute Gasteiger partial charge is 0.383 e. The van der Waals surface area contributed by atoms with Crippen molar-refractivity contribution >= 4 is 5.91 Å². The van der Waals surface area contributed by atoms with E-state index in [1.165, 1.54) is 12.8 Å². The van der Waals surface area contributed by atoms with E-state index >= 15 is 0 Å². The number of hydrogen-bond acceptors (Lipinski definition) is 3. The maximum atomic E-state index is 12.0. The summed E-state index contributed by atoms with van der Waals surface area (Å²) in [4.78, 5) is 13.6. The highest BCUT2D eigenvalue weighted by Gasteiger charge is 2.38. The van der Waals surface area contributed by atoms with Crippen LogP contribution in [0.15, 0.2) is 0 Å². The molecule has 0 radical (unpaired) electrons. The van der Waals surface area contributed by atoms with Gasteiger partial charge in [-0.2, -0.15) is 0 Å². The number of nitrogens with one attached hydrogen (secondary N) is 1. The van der Waals surface area contributed by atoms with Gasteiger partial charge in [-0.25, -0.2) is 0 Å². The van der Waals surface area contributed by atoms with Crippen molar-refractivity contribution in [2.24, 2.45) is 5.92 Å². The summed E-state index contributed by atoms with van der Waals surface area (Å²) in [5.74, 6) is 0.781. The van der Waals surface area contributed by atoms with Gasteiger partial charge >= 0.3 is 0 Å². The van der Waals surface area contributed by atoms with Gasteiger partial charge in [0.05, 0.1) is 12.1 Å². The van der Waals surface area contributed by atoms with Gasteiger partial charge in [0.2, 0.25) is 5.91 Å². The predicted octanol–water partition coefficient (Wildman–Crippen LogP) is 0.868. The third kappa shape index (κ3) is 3.46. The quantitative estimate of drug-likeness (QED) is 0.733. The predicted molar refractivity (Wildman–Crippen MR) is 64.3 cm³/mol. The monoisotopic (exact) mass is 228 g/mol. The first-order valence-corrected chi connectivity index (χ1v) is 5.87. The Bertz CT molecular complexity index is 247. The van der Waals surface area contributed by atoms with Crippen molar-refractivity contribution in [3.63, 3.8) is 0 Å². The van der Waals surface area contributed by atoms with Crippen LogP contribution in [-0.4, -0.2) is 50.2 Å². The normalized spacial score (nSPS) is 18.3. The highest BCUT2D eigenvalue weighted by Crippen LogP contribution is 2.33. The molecule has 0 heterocycles. The Hall–Kier alpha value is -0.610. The highest BCUT2D eigenvalue weighted by atomic mass is 16.5. The summed E-state index contributed by atoms with van der Waals surface area (Å²) in [6, 6.07) is 0.295. The Morgan fingerprint density at radius 3 is 2.44 bits per heavy atom. The molecule has 0 aromatic rings. The summed E-state index contributed by atoms with van der Waals surface area (Å²) in [5.41, 5.74) is -0.519. The summed E-state index contributed by atoms with van der Waals surface area (Å²) >= 11 is 0. The molecule has 4 heteroatoms. The molecule has 0 bridgehead atoms. The van der Waals surface area contributed by atoms with Crippen molar-refractivity contribution < 1.29 is 9.53 Å². The highest BCUT2D eigenvalue weighted by molar-refractivity contribution is 5.85. The molecule has 0 saturated heterocycles. The minimum absolute atomic E-state index is 0.106. The summed E-state index contributed by atoms with van der Waals surface area (Å²) in [6.45, 7) is 4.54. The Kier molecular flexibility index (Phi) is 4.33. The zero-order valence-electron chi connectivity index (χ0n) is 11.0. The van der Waals surface area contributed by atoms with Crippen LogP contribution in [0.1, 0.15) is 26.7 Å². The van der Waals surface area contributed by atoms with Crippen molar-refractivity contribution in [2.75, 3.05) is 27.8 Å². The third-order valence-electron chi connectivity index (χ3n) is 3.02. The van der Waals surface area contributed by atoms with E-state index < -0.39 is 5.54 Å². The maximum absolute atomic E-state index is 12.0. The second kappa shape index (κ2) is 5.15. The van der Waals surface area contributed by atoms with Crippen LogP contribution in [0.25, 0.3) is 0 Å². The smallest absolute Gasteiger partial charge is 0.241 e. The number of carbonyl (C=O) groups is 1. The zero-order chi connectivity index (χ0) is 12.3. The van der Waals surface area contributed by atoms with E-state index in [9.17, 15) is 4.79 Å². The lowest BCUT2D eigenvalue weighted by Crippen LogP contribution is -2.57. The first-order chi connectivity index (χ1) is 7.38. The fourth-order valence-electron chi connectivity index (χ4n) is 2.06. The molecule has 1 N–H and O–H groups in total. The van der Waals surface area contributed by atoms with Gasteiger partial charge in [0.1, 0.15) is 0 Å². The molecule has 1 saturated carbocycles. The molecule has 94 valence electrons. The summed E-state index contributed by atoms with van der Waals surface area (Å²) in [7, 11) is 5.28. The first kappa shape index (κ1) is 13.5. The average molecular weight is 228 g/mol. The number of nitrogens with zero attached hydrogens (tertiary/aromatic N) is 1. The summed E-state index contributed by atoms with van der Waals surface area (Å²) in [6.07, 6.45) is 2.49. The average Bonchev–Trinajstić information content (AvgIpc) is 2.98. The Morgan fingerprint density at radius 1 is 1.50 bits per heavy atom. The Labute approximate surface area is 98.3 Å². The first-order valence-electron chi connectivity index (χ1n) is 5.87. The zero-order valence-corrected chi connectivity index (χ0v) is 11.0. The van der Waals surface area contributed by atoms with Gasteiger partial charge in [-0.05, 0) is 32.6 Å². The molecule has 1 rings (SSSR count). The molecule has 16 heavy (non-hydrogen) atoms. The van der Waals surface area contributed by atoms with Crippen molar-refractivity contribution in [1.29, 1.82) is 0 Å². The second-order valence-electron chi connectivity index (χ2n) is 5.37. The number of likely N-dealkylation sites (N-methyl/N-ethyl adjacent to an activating group) is 1.